The fourth-order valence-electron chi connectivity index (χ4n) is 4.43. The van der Waals surface area contributed by atoms with Crippen molar-refractivity contribution >= 4 is 86.3 Å². The number of aromatic hydroxyl groups is 2. The topological polar surface area (TPSA) is 389 Å². The van der Waals surface area contributed by atoms with Gasteiger partial charge in [0, 0.05) is 0 Å². The van der Waals surface area contributed by atoms with Crippen molar-refractivity contribution < 1.29 is 71.3 Å². The van der Waals surface area contributed by atoms with Crippen molar-refractivity contribution in [2.45, 2.75) is 9.79 Å². The van der Waals surface area contributed by atoms with Crippen molar-refractivity contribution in [3.05, 3.63) is 83.3 Å². The second-order valence-corrected chi connectivity index (χ2v) is 17.6. The van der Waals surface area contributed by atoms with Gasteiger partial charge in [-0.3, -0.25) is 9.11 Å². The molecule has 6 N–H and O–H groups in total. The van der Waals surface area contributed by atoms with E-state index in [1.54, 1.807) is 0 Å². The van der Waals surface area contributed by atoms with Gasteiger partial charge in [0.1, 0.15) is 23.8 Å². The summed E-state index contributed by atoms with van der Waals surface area (Å²) < 4.78 is 118. The number of carbonyl (C=O) groups is 1. The molecular formula is C30H28N8O17S4. The minimum Gasteiger partial charge on any atom is -0.505 e. The highest BCUT2D eigenvalue weighted by Crippen LogP contribution is 2.47. The van der Waals surface area contributed by atoms with Gasteiger partial charge >= 0.3 is 26.8 Å². The van der Waals surface area contributed by atoms with Crippen LogP contribution in [0.3, 0.4) is 0 Å². The van der Waals surface area contributed by atoms with Gasteiger partial charge in [0.05, 0.1) is 62.8 Å². The van der Waals surface area contributed by atoms with Gasteiger partial charge in [0.15, 0.2) is 31.1 Å². The molecule has 0 atom stereocenters. The predicted molar refractivity (Wildman–Crippen MR) is 202 cm³/mol. The lowest BCUT2D eigenvalue weighted by molar-refractivity contribution is 0.0696. The first-order chi connectivity index (χ1) is 27.6. The Balaban J connectivity index is 1.57. The van der Waals surface area contributed by atoms with Crippen LogP contribution in [0.5, 0.6) is 11.5 Å². The van der Waals surface area contributed by atoms with Crippen molar-refractivity contribution in [2.24, 2.45) is 35.9 Å². The summed E-state index contributed by atoms with van der Waals surface area (Å²) in [6.07, 6.45) is 0. The van der Waals surface area contributed by atoms with Crippen LogP contribution >= 0.6 is 0 Å². The number of phenols is 2. The Morgan fingerprint density at radius 1 is 0.610 bits per heavy atom. The molecule has 0 spiro atoms. The Bertz CT molecular complexity index is 2760. The number of nitroso groups, excluding NO2 is 1. The van der Waals surface area contributed by atoms with E-state index in [1.807, 2.05) is 0 Å². The number of nitrogens with zero attached hydrogens (tertiary/aromatic N) is 7. The van der Waals surface area contributed by atoms with E-state index in [0.29, 0.717) is 6.07 Å². The number of aromatic carboxylic acids is 1. The highest BCUT2D eigenvalue weighted by atomic mass is 32.3. The summed E-state index contributed by atoms with van der Waals surface area (Å²) in [6.45, 7) is -2.14. The highest BCUT2D eigenvalue weighted by molar-refractivity contribution is 7.91. The normalized spacial score (nSPS) is 12.7. The molecule has 0 fully saturated rings. The van der Waals surface area contributed by atoms with Crippen molar-refractivity contribution in [3.63, 3.8) is 0 Å². The first-order valence-electron chi connectivity index (χ1n) is 15.7. The van der Waals surface area contributed by atoms with Gasteiger partial charge in [-0.15, -0.1) is 20.2 Å². The van der Waals surface area contributed by atoms with Gasteiger partial charge in [0.2, 0.25) is 0 Å². The first kappa shape index (κ1) is 45.5. The van der Waals surface area contributed by atoms with E-state index in [-0.39, 0.29) is 38.2 Å². The summed E-state index contributed by atoms with van der Waals surface area (Å²) in [4.78, 5) is 22.4. The third-order valence-corrected chi connectivity index (χ3v) is 11.5. The maximum absolute atomic E-state index is 12.4. The van der Waals surface area contributed by atoms with Crippen LogP contribution in [0.1, 0.15) is 10.4 Å². The summed E-state index contributed by atoms with van der Waals surface area (Å²) in [5.74, 6) is -5.02. The number of rotatable bonds is 20. The van der Waals surface area contributed by atoms with Crippen LogP contribution < -0.4 is 5.32 Å². The standard InChI is InChI=1S/C30H28N8O17S4/c39-26-16-23(30(41)42)27(29(40)28(26)38-34-19-3-8-22(9-4-19)57(46,47)14-12-55-59(51,52)53)37-35-20-5-10-24(25(15-20)31-17-32-43)36-33-18-1-6-21(7-2-18)56(44,45)13-11-54-58(48,49)50/h1-10,15-16,31,39-40H,11-14,17H2,(H,41,42)(H,48,49,50)(H,51,52,53). The van der Waals surface area contributed by atoms with Crippen molar-refractivity contribution in [1.82, 2.24) is 0 Å². The number of anilines is 1. The monoisotopic (exact) mass is 900 g/mol. The molecule has 25 nitrogen and oxygen atoms in total. The third kappa shape index (κ3) is 13.4. The average Bonchev–Trinajstić information content (AvgIpc) is 3.15. The Morgan fingerprint density at radius 2 is 1.07 bits per heavy atom. The number of phenolic OH excluding ortho intramolecular Hbond substituents is 2. The van der Waals surface area contributed by atoms with Crippen LogP contribution in [0, 0.1) is 4.91 Å². The van der Waals surface area contributed by atoms with Crippen LogP contribution in [-0.4, -0.2) is 95.5 Å². The highest BCUT2D eigenvalue weighted by Gasteiger charge is 2.23. The number of sulfone groups is 2. The van der Waals surface area contributed by atoms with E-state index < -0.39 is 106 Å². The molecule has 0 amide bonds. The SMILES string of the molecule is O=NCNc1cc(N=Nc2c(C(=O)O)cc(O)c(N=Nc3ccc(S(=O)(=O)CCOS(=O)(=O)O)cc3)c2O)ccc1N=Nc1ccc(S(=O)(=O)CCOS(=O)(=O)O)cc1. The zero-order chi connectivity index (χ0) is 43.6. The van der Waals surface area contributed by atoms with Gasteiger partial charge in [-0.25, -0.2) is 30.0 Å². The molecule has 0 aromatic heterocycles. The molecule has 0 radical (unpaired) electrons. The second kappa shape index (κ2) is 19.0. The first-order valence-corrected chi connectivity index (χ1v) is 21.8. The molecule has 29 heteroatoms. The van der Waals surface area contributed by atoms with Crippen molar-refractivity contribution in [2.75, 3.05) is 36.7 Å². The van der Waals surface area contributed by atoms with Crippen molar-refractivity contribution in [3.8, 4) is 11.5 Å². The number of benzene rings is 4. The van der Waals surface area contributed by atoms with E-state index in [1.165, 1.54) is 42.5 Å². The van der Waals surface area contributed by atoms with Crippen LogP contribution in [0.25, 0.3) is 0 Å². The number of carboxylic acids is 1. The van der Waals surface area contributed by atoms with Crippen LogP contribution in [0.15, 0.2) is 118 Å². The van der Waals surface area contributed by atoms with E-state index in [9.17, 15) is 58.7 Å². The smallest absolute Gasteiger partial charge is 0.397 e. The molecule has 0 unspecified atom stereocenters. The zero-order valence-corrected chi connectivity index (χ0v) is 32.6. The minimum atomic E-state index is -4.86. The van der Waals surface area contributed by atoms with E-state index in [0.717, 1.165) is 24.3 Å². The summed E-state index contributed by atoms with van der Waals surface area (Å²) in [5, 5.41) is 59.9. The lowest BCUT2D eigenvalue weighted by Gasteiger charge is -2.09. The molecular weight excluding hydrogens is 873 g/mol. The Hall–Kier alpha value is -6.21. The maximum atomic E-state index is 12.4. The molecule has 0 aliphatic rings. The second-order valence-electron chi connectivity index (χ2n) is 11.2. The Kier molecular flexibility index (Phi) is 14.7. The van der Waals surface area contributed by atoms with E-state index in [2.05, 4.69) is 49.5 Å². The molecule has 59 heavy (non-hydrogen) atoms. The summed E-state index contributed by atoms with van der Waals surface area (Å²) in [6, 6.07) is 14.0. The molecule has 0 bridgehead atoms. The lowest BCUT2D eigenvalue weighted by atomic mass is 10.1. The van der Waals surface area contributed by atoms with E-state index >= 15 is 0 Å². The molecule has 0 aliphatic heterocycles. The van der Waals surface area contributed by atoms with Gasteiger partial charge in [-0.2, -0.15) is 32.2 Å². The lowest BCUT2D eigenvalue weighted by Crippen LogP contribution is -2.15. The van der Waals surface area contributed by atoms with E-state index in [4.69, 9.17) is 9.11 Å². The molecule has 4 aromatic rings. The third-order valence-electron chi connectivity index (χ3n) is 7.14. The van der Waals surface area contributed by atoms with Crippen LogP contribution in [0.2, 0.25) is 0 Å². The average molecular weight is 901 g/mol. The van der Waals surface area contributed by atoms with Crippen molar-refractivity contribution in [1.29, 1.82) is 0 Å². The van der Waals surface area contributed by atoms with Gasteiger partial charge in [-0.05, 0) is 78.0 Å². The molecule has 4 aromatic carbocycles. The molecule has 0 saturated carbocycles. The number of carboxylic acid groups (broad SMARTS) is 1. The number of hydrogen-bond acceptors (Lipinski definition) is 22. The van der Waals surface area contributed by atoms with Gasteiger partial charge in [-0.1, -0.05) is 0 Å². The molecule has 314 valence electrons. The quantitative estimate of drug-likeness (QED) is 0.0369. The molecule has 0 saturated heterocycles. The fraction of sp³-hybridized carbons (Fsp3) is 0.167. The number of azo groups is 3. The molecule has 0 heterocycles. The van der Waals surface area contributed by atoms with Gasteiger partial charge in [0.25, 0.3) is 0 Å². The Morgan fingerprint density at radius 3 is 1.54 bits per heavy atom. The minimum absolute atomic E-state index is 0.00327. The predicted octanol–water partition coefficient (Wildman–Crippen LogP) is 5.36. The molecule has 4 rings (SSSR count). The Labute approximate surface area is 333 Å². The van der Waals surface area contributed by atoms with Crippen LogP contribution in [0.4, 0.5) is 39.8 Å². The maximum Gasteiger partial charge on any atom is 0.397 e. The van der Waals surface area contributed by atoms with Gasteiger partial charge < -0.3 is 20.6 Å². The number of hydrogen-bond donors (Lipinski definition) is 6. The molecule has 0 aliphatic carbocycles. The summed E-state index contributed by atoms with van der Waals surface area (Å²) in [5.41, 5.74) is -1.70. The van der Waals surface area contributed by atoms with Crippen LogP contribution in [-0.2, 0) is 48.8 Å². The fourth-order valence-corrected chi connectivity index (χ4v) is 7.41. The largest absolute Gasteiger partial charge is 0.505 e. The zero-order valence-electron chi connectivity index (χ0n) is 29.4. The number of nitrogens with one attached hydrogen (secondary N) is 1. The summed E-state index contributed by atoms with van der Waals surface area (Å²) in [7, 11) is -17.8. The summed E-state index contributed by atoms with van der Waals surface area (Å²) >= 11 is 0.